The molecule has 0 aliphatic rings. The van der Waals surface area contributed by atoms with Gasteiger partial charge in [-0.05, 0) is 98.8 Å². The number of hydrogen-bond donors (Lipinski definition) is 4. The van der Waals surface area contributed by atoms with Crippen LogP contribution in [0, 0.1) is 11.6 Å². The molecule has 70 heavy (non-hydrogen) atoms. The lowest BCUT2D eigenvalue weighted by molar-refractivity contribution is 0.468. The van der Waals surface area contributed by atoms with Crippen molar-refractivity contribution >= 4 is 44.7 Å². The standard InChI is InChI=1S/2C26H20FN7O/c2*1-15(20-13-18-6-3-5-9-33(18)24(20)21-7-2-4-8-29-21)34-26-22(25(28)30-14-31-26)23(32-34)16-10-17(27)12-19(35)11-16/h2*2-15,35H,1H3,(H2,28,30,31)/t2*15-/m10/s1. The molecule has 344 valence electrons. The maximum absolute atomic E-state index is 14.1. The van der Waals surface area contributed by atoms with E-state index in [1.807, 2.05) is 99.0 Å². The zero-order valence-electron chi connectivity index (χ0n) is 37.3. The average Bonchev–Trinajstić information content (AvgIpc) is 4.15. The van der Waals surface area contributed by atoms with E-state index in [9.17, 15) is 19.0 Å². The molecule has 2 atom stereocenters. The van der Waals surface area contributed by atoms with Gasteiger partial charge in [-0.2, -0.15) is 10.2 Å². The van der Waals surface area contributed by atoms with Crippen LogP contribution in [0.2, 0.25) is 0 Å². The minimum absolute atomic E-state index is 0.206. The Morgan fingerprint density at radius 2 is 0.929 bits per heavy atom. The smallest absolute Gasteiger partial charge is 0.164 e. The summed E-state index contributed by atoms with van der Waals surface area (Å²) >= 11 is 0. The quantitative estimate of drug-likeness (QED) is 0.112. The van der Waals surface area contributed by atoms with Crippen LogP contribution in [-0.2, 0) is 0 Å². The normalized spacial score (nSPS) is 12.4. The Morgan fingerprint density at radius 1 is 0.500 bits per heavy atom. The fourth-order valence-electron chi connectivity index (χ4n) is 9.09. The number of benzene rings is 2. The van der Waals surface area contributed by atoms with Crippen LogP contribution < -0.4 is 11.5 Å². The van der Waals surface area contributed by atoms with Crippen LogP contribution in [0.1, 0.15) is 37.1 Å². The van der Waals surface area contributed by atoms with E-state index in [1.165, 1.54) is 36.9 Å². The lowest BCUT2D eigenvalue weighted by Gasteiger charge is -2.15. The molecule has 6 N–H and O–H groups in total. The van der Waals surface area contributed by atoms with E-state index < -0.39 is 11.6 Å². The van der Waals surface area contributed by atoms with Crippen LogP contribution in [0.5, 0.6) is 11.5 Å². The number of nitrogens with two attached hydrogens (primary N) is 2. The first-order chi connectivity index (χ1) is 34.0. The molecular weight excluding hydrogens is 891 g/mol. The maximum atomic E-state index is 14.1. The van der Waals surface area contributed by atoms with Crippen molar-refractivity contribution in [3.8, 4) is 56.8 Å². The van der Waals surface area contributed by atoms with E-state index >= 15 is 0 Å². The molecule has 0 fully saturated rings. The summed E-state index contributed by atoms with van der Waals surface area (Å²) in [5.41, 5.74) is 22.5. The maximum Gasteiger partial charge on any atom is 0.164 e. The summed E-state index contributed by atoms with van der Waals surface area (Å²) in [5, 5.41) is 30.6. The van der Waals surface area contributed by atoms with Crippen LogP contribution in [0.4, 0.5) is 20.4 Å². The van der Waals surface area contributed by atoms with Crippen LogP contribution in [0.3, 0.4) is 0 Å². The second kappa shape index (κ2) is 17.3. The highest BCUT2D eigenvalue weighted by molar-refractivity contribution is 5.99. The molecule has 0 unspecified atom stereocenters. The third-order valence-corrected chi connectivity index (χ3v) is 12.2. The second-order valence-corrected chi connectivity index (χ2v) is 16.6. The Balaban J connectivity index is 0.000000152. The number of anilines is 2. The summed E-state index contributed by atoms with van der Waals surface area (Å²) in [4.78, 5) is 26.4. The van der Waals surface area contributed by atoms with Crippen LogP contribution >= 0.6 is 0 Å². The van der Waals surface area contributed by atoms with Gasteiger partial charge < -0.3 is 30.5 Å². The first-order valence-electron chi connectivity index (χ1n) is 22.0. The highest BCUT2D eigenvalue weighted by atomic mass is 19.1. The zero-order valence-corrected chi connectivity index (χ0v) is 37.3. The minimum Gasteiger partial charge on any atom is -0.508 e. The van der Waals surface area contributed by atoms with Crippen molar-refractivity contribution in [2.45, 2.75) is 25.9 Å². The van der Waals surface area contributed by atoms with E-state index in [0.717, 1.165) is 57.1 Å². The van der Waals surface area contributed by atoms with Crippen LogP contribution in [-0.4, -0.2) is 68.5 Å². The second-order valence-electron chi connectivity index (χ2n) is 16.6. The van der Waals surface area contributed by atoms with Gasteiger partial charge in [-0.15, -0.1) is 0 Å². The monoisotopic (exact) mass is 930 g/mol. The summed E-state index contributed by atoms with van der Waals surface area (Å²) in [6.07, 6.45) is 10.3. The average molecular weight is 931 g/mol. The number of phenolic OH excluding ortho intramolecular Hbond substituents is 2. The van der Waals surface area contributed by atoms with Gasteiger partial charge in [0, 0.05) is 70.2 Å². The predicted molar refractivity (Wildman–Crippen MR) is 262 cm³/mol. The van der Waals surface area contributed by atoms with E-state index in [0.29, 0.717) is 44.6 Å². The number of pyridine rings is 4. The van der Waals surface area contributed by atoms with Gasteiger partial charge in [-0.1, -0.05) is 24.3 Å². The van der Waals surface area contributed by atoms with E-state index in [2.05, 4.69) is 50.8 Å². The molecule has 0 saturated heterocycles. The van der Waals surface area contributed by atoms with E-state index in [-0.39, 0.29) is 35.2 Å². The summed E-state index contributed by atoms with van der Waals surface area (Å²) in [5.74, 6) is -1.13. The number of phenols is 2. The van der Waals surface area contributed by atoms with Gasteiger partial charge in [0.25, 0.3) is 0 Å². The number of rotatable bonds is 8. The molecule has 10 aromatic heterocycles. The third kappa shape index (κ3) is 7.48. The van der Waals surface area contributed by atoms with Gasteiger partial charge >= 0.3 is 0 Å². The Bertz CT molecular complexity index is 3630. The van der Waals surface area contributed by atoms with Crippen molar-refractivity contribution in [2.75, 3.05) is 11.5 Å². The van der Waals surface area contributed by atoms with E-state index in [1.54, 1.807) is 21.8 Å². The molecule has 0 amide bonds. The molecule has 0 aliphatic carbocycles. The van der Waals surface area contributed by atoms with Crippen molar-refractivity contribution in [3.05, 3.63) is 182 Å². The minimum atomic E-state index is -0.581. The van der Waals surface area contributed by atoms with Crippen molar-refractivity contribution in [2.24, 2.45) is 0 Å². The van der Waals surface area contributed by atoms with Gasteiger partial charge in [-0.25, -0.2) is 38.1 Å². The molecule has 10 heterocycles. The SMILES string of the molecule is C[C@@H](c1cc2ccccn2c1-c1ccccn1)n1nc(-c2cc(O)cc(F)c2)c2c(N)ncnc21.C[C@H](c1cc2ccccn2c1-c1ccccn1)n1nc(-c2cc(O)cc(F)c2)c2c(N)ncnc21. The number of nitrogens with zero attached hydrogens (tertiary/aromatic N) is 12. The molecule has 2 aromatic carbocycles. The zero-order chi connectivity index (χ0) is 48.2. The van der Waals surface area contributed by atoms with Gasteiger partial charge in [0.1, 0.15) is 58.8 Å². The Morgan fingerprint density at radius 3 is 1.33 bits per heavy atom. The largest absolute Gasteiger partial charge is 0.508 e. The fraction of sp³-hybridized carbons (Fsp3) is 0.0769. The molecule has 12 aromatic rings. The molecule has 0 saturated carbocycles. The highest BCUT2D eigenvalue weighted by Crippen LogP contribution is 2.40. The van der Waals surface area contributed by atoms with Crippen molar-refractivity contribution < 1.29 is 19.0 Å². The highest BCUT2D eigenvalue weighted by Gasteiger charge is 2.27. The molecule has 0 spiro atoms. The van der Waals surface area contributed by atoms with E-state index in [4.69, 9.17) is 21.7 Å². The number of fused-ring (bicyclic) bond motifs is 4. The van der Waals surface area contributed by atoms with Crippen LogP contribution in [0.15, 0.2) is 159 Å². The summed E-state index contributed by atoms with van der Waals surface area (Å²) in [6, 6.07) is 34.7. The van der Waals surface area contributed by atoms with Crippen molar-refractivity contribution in [3.63, 3.8) is 0 Å². The Labute approximate surface area is 396 Å². The van der Waals surface area contributed by atoms with Crippen molar-refractivity contribution in [1.29, 1.82) is 0 Å². The Kier molecular flexibility index (Phi) is 10.6. The molecule has 0 bridgehead atoms. The first-order valence-corrected chi connectivity index (χ1v) is 22.0. The number of aromatic hydroxyl groups is 2. The van der Waals surface area contributed by atoms with Crippen molar-refractivity contribution in [1.82, 2.24) is 58.3 Å². The predicted octanol–water partition coefficient (Wildman–Crippen LogP) is 9.69. The summed E-state index contributed by atoms with van der Waals surface area (Å²) < 4.78 is 36.0. The Hall–Kier alpha value is -9.58. The van der Waals surface area contributed by atoms with Crippen LogP contribution in [0.25, 0.3) is 78.4 Å². The number of nitrogen functional groups attached to an aromatic ring is 2. The van der Waals surface area contributed by atoms with Gasteiger partial charge in [0.05, 0.1) is 45.6 Å². The molecule has 12 rings (SSSR count). The summed E-state index contributed by atoms with van der Waals surface area (Å²) in [6.45, 7) is 4.03. The number of halogens is 2. The molecule has 0 aliphatic heterocycles. The lowest BCUT2D eigenvalue weighted by Crippen LogP contribution is -2.10. The third-order valence-electron chi connectivity index (χ3n) is 12.2. The van der Waals surface area contributed by atoms with Gasteiger partial charge in [0.15, 0.2) is 11.3 Å². The van der Waals surface area contributed by atoms with Gasteiger partial charge in [-0.3, -0.25) is 9.97 Å². The topological polar surface area (TPSA) is 214 Å². The number of aromatic nitrogens is 12. The molecule has 18 heteroatoms. The first kappa shape index (κ1) is 43.0. The molecule has 16 nitrogen and oxygen atoms in total. The number of hydrogen-bond acceptors (Lipinski definition) is 12. The fourth-order valence-corrected chi connectivity index (χ4v) is 9.09. The molecular formula is C52H40F2N14O2. The summed E-state index contributed by atoms with van der Waals surface area (Å²) in [7, 11) is 0. The lowest BCUT2D eigenvalue weighted by atomic mass is 10.1. The molecule has 0 radical (unpaired) electrons. The van der Waals surface area contributed by atoms with Gasteiger partial charge in [0.2, 0.25) is 0 Å².